The van der Waals surface area contributed by atoms with E-state index < -0.39 is 10.1 Å². The molecule has 4 nitrogen and oxygen atoms in total. The van der Waals surface area contributed by atoms with Crippen molar-refractivity contribution in [2.75, 3.05) is 12.9 Å². The molecular weight excluding hydrogens is 216 g/mol. The number of benzene rings is 1. The first-order chi connectivity index (χ1) is 6.92. The first-order valence-corrected chi connectivity index (χ1v) is 6.12. The molecule has 1 aromatic carbocycles. The van der Waals surface area contributed by atoms with Crippen LogP contribution in [-0.4, -0.2) is 25.8 Å². The summed E-state index contributed by atoms with van der Waals surface area (Å²) in [5, 5.41) is 0. The summed E-state index contributed by atoms with van der Waals surface area (Å²) in [5.41, 5.74) is 1.82. The minimum Gasteiger partial charge on any atom is -0.496 e. The van der Waals surface area contributed by atoms with Crippen molar-refractivity contribution >= 4 is 10.1 Å². The Morgan fingerprint density at radius 1 is 1.40 bits per heavy atom. The maximum absolute atomic E-state index is 10.6. The maximum atomic E-state index is 10.6. The SMILES string of the molecule is COc1cc(CCS(=O)(=O)O)ccc1C. The minimum atomic E-state index is -3.89. The van der Waals surface area contributed by atoms with Gasteiger partial charge in [-0.1, -0.05) is 12.1 Å². The first-order valence-electron chi connectivity index (χ1n) is 4.51. The maximum Gasteiger partial charge on any atom is 0.265 e. The molecule has 0 saturated heterocycles. The second kappa shape index (κ2) is 4.63. The molecule has 0 heterocycles. The Bertz CT molecular complexity index is 437. The molecule has 0 spiro atoms. The van der Waals surface area contributed by atoms with Gasteiger partial charge in [0, 0.05) is 0 Å². The van der Waals surface area contributed by atoms with Crippen LogP contribution in [0.1, 0.15) is 11.1 Å². The molecule has 1 rings (SSSR count). The van der Waals surface area contributed by atoms with Crippen LogP contribution < -0.4 is 4.74 Å². The molecule has 5 heteroatoms. The van der Waals surface area contributed by atoms with E-state index in [-0.39, 0.29) is 12.2 Å². The van der Waals surface area contributed by atoms with Gasteiger partial charge in [0.15, 0.2) is 0 Å². The van der Waals surface area contributed by atoms with Crippen LogP contribution >= 0.6 is 0 Å². The van der Waals surface area contributed by atoms with Gasteiger partial charge in [-0.3, -0.25) is 4.55 Å². The highest BCUT2D eigenvalue weighted by atomic mass is 32.2. The summed E-state index contributed by atoms with van der Waals surface area (Å²) in [6, 6.07) is 5.46. The van der Waals surface area contributed by atoms with Gasteiger partial charge < -0.3 is 4.74 Å². The highest BCUT2D eigenvalue weighted by Crippen LogP contribution is 2.19. The number of hydrogen-bond donors (Lipinski definition) is 1. The van der Waals surface area contributed by atoms with Gasteiger partial charge in [-0.15, -0.1) is 0 Å². The topological polar surface area (TPSA) is 63.6 Å². The van der Waals surface area contributed by atoms with Crippen molar-refractivity contribution in [3.63, 3.8) is 0 Å². The van der Waals surface area contributed by atoms with E-state index in [2.05, 4.69) is 0 Å². The number of hydrogen-bond acceptors (Lipinski definition) is 3. The van der Waals surface area contributed by atoms with Crippen LogP contribution in [0.4, 0.5) is 0 Å². The Morgan fingerprint density at radius 3 is 2.60 bits per heavy atom. The fourth-order valence-corrected chi connectivity index (χ4v) is 1.76. The normalized spacial score (nSPS) is 11.4. The Morgan fingerprint density at radius 2 is 2.07 bits per heavy atom. The van der Waals surface area contributed by atoms with E-state index in [9.17, 15) is 8.42 Å². The number of aryl methyl sites for hydroxylation is 2. The second-order valence-corrected chi connectivity index (χ2v) is 4.91. The molecule has 0 atom stereocenters. The van der Waals surface area contributed by atoms with Gasteiger partial charge in [0.2, 0.25) is 0 Å². The van der Waals surface area contributed by atoms with Crippen LogP contribution in [0, 0.1) is 6.92 Å². The van der Waals surface area contributed by atoms with Crippen molar-refractivity contribution < 1.29 is 17.7 Å². The van der Waals surface area contributed by atoms with E-state index in [1.54, 1.807) is 13.2 Å². The molecule has 0 saturated carbocycles. The molecule has 1 aromatic rings. The molecule has 0 radical (unpaired) electrons. The third kappa shape index (κ3) is 3.89. The number of rotatable bonds is 4. The summed E-state index contributed by atoms with van der Waals surface area (Å²) in [6.45, 7) is 1.91. The number of methoxy groups -OCH3 is 1. The zero-order chi connectivity index (χ0) is 11.5. The van der Waals surface area contributed by atoms with Crippen LogP contribution in [0.3, 0.4) is 0 Å². The Hall–Kier alpha value is -1.07. The van der Waals surface area contributed by atoms with Crippen LogP contribution in [0.5, 0.6) is 5.75 Å². The van der Waals surface area contributed by atoms with Crippen molar-refractivity contribution in [3.8, 4) is 5.75 Å². The lowest BCUT2D eigenvalue weighted by Gasteiger charge is -2.06. The first kappa shape index (κ1) is 12.0. The zero-order valence-electron chi connectivity index (χ0n) is 8.73. The lowest BCUT2D eigenvalue weighted by atomic mass is 10.1. The zero-order valence-corrected chi connectivity index (χ0v) is 9.54. The average molecular weight is 230 g/mol. The standard InChI is InChI=1S/C10H14O4S/c1-8-3-4-9(7-10(8)14-2)5-6-15(11,12)13/h3-4,7H,5-6H2,1-2H3,(H,11,12,13). The van der Waals surface area contributed by atoms with E-state index in [0.29, 0.717) is 0 Å². The summed E-state index contributed by atoms with van der Waals surface area (Å²) in [5.74, 6) is 0.460. The largest absolute Gasteiger partial charge is 0.496 e. The smallest absolute Gasteiger partial charge is 0.265 e. The summed E-state index contributed by atoms with van der Waals surface area (Å²) < 4.78 is 34.8. The monoisotopic (exact) mass is 230 g/mol. The Balaban J connectivity index is 2.79. The van der Waals surface area contributed by atoms with Gasteiger partial charge in [-0.05, 0) is 30.5 Å². The van der Waals surface area contributed by atoms with Gasteiger partial charge in [0.1, 0.15) is 5.75 Å². The van der Waals surface area contributed by atoms with Crippen LogP contribution in [-0.2, 0) is 16.5 Å². The van der Waals surface area contributed by atoms with Crippen molar-refractivity contribution in [2.45, 2.75) is 13.3 Å². The van der Waals surface area contributed by atoms with Gasteiger partial charge in [-0.2, -0.15) is 8.42 Å². The second-order valence-electron chi connectivity index (χ2n) is 3.34. The van der Waals surface area contributed by atoms with Gasteiger partial charge in [-0.25, -0.2) is 0 Å². The van der Waals surface area contributed by atoms with Crippen molar-refractivity contribution in [3.05, 3.63) is 29.3 Å². The quantitative estimate of drug-likeness (QED) is 0.795. The summed E-state index contributed by atoms with van der Waals surface area (Å²) in [7, 11) is -2.33. The molecule has 15 heavy (non-hydrogen) atoms. The number of ether oxygens (including phenoxy) is 1. The summed E-state index contributed by atoms with van der Waals surface area (Å²) in [6.07, 6.45) is 0.287. The van der Waals surface area contributed by atoms with Crippen molar-refractivity contribution in [1.29, 1.82) is 0 Å². The molecule has 0 fully saturated rings. The van der Waals surface area contributed by atoms with E-state index >= 15 is 0 Å². The molecule has 0 unspecified atom stereocenters. The van der Waals surface area contributed by atoms with E-state index in [0.717, 1.165) is 16.9 Å². The molecule has 84 valence electrons. The highest BCUT2D eigenvalue weighted by Gasteiger charge is 2.06. The molecule has 1 N–H and O–H groups in total. The highest BCUT2D eigenvalue weighted by molar-refractivity contribution is 7.85. The summed E-state index contributed by atoms with van der Waals surface area (Å²) in [4.78, 5) is 0. The van der Waals surface area contributed by atoms with E-state index in [1.807, 2.05) is 19.1 Å². The Kier molecular flexibility index (Phi) is 3.71. The third-order valence-corrected chi connectivity index (χ3v) is 2.84. The lowest BCUT2D eigenvalue weighted by Crippen LogP contribution is -2.06. The fraction of sp³-hybridized carbons (Fsp3) is 0.400. The van der Waals surface area contributed by atoms with Crippen LogP contribution in [0.25, 0.3) is 0 Å². The predicted octanol–water partition coefficient (Wildman–Crippen LogP) is 1.43. The van der Waals surface area contributed by atoms with Crippen molar-refractivity contribution in [2.24, 2.45) is 0 Å². The molecule has 0 aliphatic heterocycles. The predicted molar refractivity (Wildman–Crippen MR) is 57.9 cm³/mol. The molecule has 0 aromatic heterocycles. The van der Waals surface area contributed by atoms with Gasteiger partial charge in [0.05, 0.1) is 12.9 Å². The molecule has 0 amide bonds. The van der Waals surface area contributed by atoms with Gasteiger partial charge in [0.25, 0.3) is 10.1 Å². The van der Waals surface area contributed by atoms with Crippen LogP contribution in [0.2, 0.25) is 0 Å². The lowest BCUT2D eigenvalue weighted by molar-refractivity contribution is 0.411. The molecule has 0 aliphatic rings. The average Bonchev–Trinajstić information content (AvgIpc) is 2.15. The molecule has 0 bridgehead atoms. The van der Waals surface area contributed by atoms with Crippen LogP contribution in [0.15, 0.2) is 18.2 Å². The third-order valence-electron chi connectivity index (χ3n) is 2.12. The Labute approximate surface area is 89.6 Å². The molecule has 0 aliphatic carbocycles. The van der Waals surface area contributed by atoms with E-state index in [4.69, 9.17) is 9.29 Å². The fourth-order valence-electron chi connectivity index (χ4n) is 1.27. The molecular formula is C10H14O4S. The minimum absolute atomic E-state index is 0.265. The summed E-state index contributed by atoms with van der Waals surface area (Å²) >= 11 is 0. The van der Waals surface area contributed by atoms with E-state index in [1.165, 1.54) is 0 Å². The van der Waals surface area contributed by atoms with Gasteiger partial charge >= 0.3 is 0 Å². The van der Waals surface area contributed by atoms with Crippen molar-refractivity contribution in [1.82, 2.24) is 0 Å².